The molecule has 4 heterocycles. The fourth-order valence-electron chi connectivity index (χ4n) is 13.5. The van der Waals surface area contributed by atoms with Gasteiger partial charge in [0.25, 0.3) is 0 Å². The van der Waals surface area contributed by atoms with E-state index in [9.17, 15) is 0 Å². The number of aryl methyl sites for hydroxylation is 4. The predicted molar refractivity (Wildman–Crippen MR) is 362 cm³/mol. The Kier molecular flexibility index (Phi) is 16.6. The van der Waals surface area contributed by atoms with Gasteiger partial charge in [-0.05, 0) is 130 Å². The van der Waals surface area contributed by atoms with E-state index in [4.69, 9.17) is 35.0 Å². The summed E-state index contributed by atoms with van der Waals surface area (Å²) in [6.07, 6.45) is 16.7. The molecule has 0 unspecified atom stereocenters. The fourth-order valence-corrected chi connectivity index (χ4v) is 15.9. The second-order valence-corrected chi connectivity index (χ2v) is 25.6. The minimum atomic E-state index is -0.378. The molecule has 1 aliphatic rings. The van der Waals surface area contributed by atoms with Crippen LogP contribution < -0.4 is 0 Å². The van der Waals surface area contributed by atoms with Gasteiger partial charge in [0.2, 0.25) is 0 Å². The molecule has 0 fully saturated rings. The van der Waals surface area contributed by atoms with Gasteiger partial charge in [-0.25, -0.2) is 0 Å². The molecule has 426 valence electrons. The van der Waals surface area contributed by atoms with Crippen LogP contribution in [0.2, 0.25) is 0 Å². The van der Waals surface area contributed by atoms with E-state index < -0.39 is 0 Å². The van der Waals surface area contributed by atoms with E-state index in [0.717, 1.165) is 137 Å². The van der Waals surface area contributed by atoms with Crippen molar-refractivity contribution in [3.05, 3.63) is 190 Å². The number of benzene rings is 8. The molecule has 85 heavy (non-hydrogen) atoms. The van der Waals surface area contributed by atoms with Crippen molar-refractivity contribution in [2.24, 2.45) is 5.41 Å². The van der Waals surface area contributed by atoms with Crippen LogP contribution in [-0.2, 0) is 0 Å². The smallest absolute Gasteiger partial charge is 0.112 e. The van der Waals surface area contributed by atoms with E-state index in [1.807, 2.05) is 0 Å². The molecule has 8 aromatic carbocycles. The molecule has 0 aliphatic heterocycles. The van der Waals surface area contributed by atoms with Crippen molar-refractivity contribution in [3.8, 4) is 44.5 Å². The molecule has 8 nitrogen and oxygen atoms in total. The maximum atomic E-state index is 4.86. The van der Waals surface area contributed by atoms with Crippen LogP contribution in [0.25, 0.3) is 111 Å². The Balaban J connectivity index is 1.08. The first-order valence-electron chi connectivity index (χ1n) is 30.5. The Morgan fingerprint density at radius 1 is 0.259 bits per heavy atom. The second-order valence-electron chi connectivity index (χ2n) is 23.5. The Morgan fingerprint density at radius 3 is 0.776 bits per heavy atom. The first-order valence-corrected chi connectivity index (χ1v) is 33.5. The number of aromatic nitrogens is 8. The molecule has 0 amide bonds. The molecule has 0 bridgehead atoms. The number of nitrogens with zero attached hydrogens (tertiary/aromatic N) is 8. The zero-order valence-corrected chi connectivity index (χ0v) is 52.7. The number of fused-ring (bicyclic) bond motifs is 4. The van der Waals surface area contributed by atoms with Crippen molar-refractivity contribution in [3.63, 3.8) is 0 Å². The summed E-state index contributed by atoms with van der Waals surface area (Å²) < 4.78 is 38.4. The van der Waals surface area contributed by atoms with Crippen molar-refractivity contribution in [1.82, 2.24) is 35.0 Å². The number of allylic oxidation sites excluding steroid dienone is 4. The van der Waals surface area contributed by atoms with Crippen molar-refractivity contribution < 1.29 is 0 Å². The zero-order chi connectivity index (χ0) is 58.0. The van der Waals surface area contributed by atoms with E-state index in [0.29, 0.717) is 0 Å². The minimum absolute atomic E-state index is 0.378. The van der Waals surface area contributed by atoms with Crippen molar-refractivity contribution in [1.29, 1.82) is 0 Å². The number of unbranched alkanes of at least 4 members (excludes halogenated alkanes) is 10. The molecule has 0 radical (unpaired) electrons. The van der Waals surface area contributed by atoms with Gasteiger partial charge < -0.3 is 0 Å². The summed E-state index contributed by atoms with van der Waals surface area (Å²) >= 11 is 5.16. The summed E-state index contributed by atoms with van der Waals surface area (Å²) in [7, 11) is 0. The standard InChI is InChI=1S/C73H70N8S4/c1-7-9-11-13-15-17-43-73(44-18-16-14-12-10-8-2)63(55-35-27-51(28-36-55)59-41-21-47(5)67-71(59)80-84-76-67)61(53-31-23-49(24-32-53)57-39-19-45(3)65-69(57)78-82-74-65)62(54-33-25-50(26-34-54)58-40-20-46(4)66-70(58)79-83-75-66)64(73)56-37-29-52(30-38-56)60-42-22-48(6)68-72(60)81-85-77-68/h19-42H,7-18,43-44H2,1-6H3. The first-order chi connectivity index (χ1) is 41.7. The van der Waals surface area contributed by atoms with Crippen LogP contribution in [0, 0.1) is 33.1 Å². The Bertz CT molecular complexity index is 4140. The third kappa shape index (κ3) is 10.8. The van der Waals surface area contributed by atoms with Gasteiger partial charge in [0, 0.05) is 27.7 Å². The Morgan fingerprint density at radius 2 is 0.494 bits per heavy atom. The Hall–Kier alpha value is -7.48. The molecule has 0 atom stereocenters. The van der Waals surface area contributed by atoms with Gasteiger partial charge in [0.1, 0.15) is 44.1 Å². The van der Waals surface area contributed by atoms with E-state index in [1.165, 1.54) is 156 Å². The van der Waals surface area contributed by atoms with E-state index in [-0.39, 0.29) is 5.41 Å². The molecule has 4 aromatic heterocycles. The van der Waals surface area contributed by atoms with Gasteiger partial charge in [-0.2, -0.15) is 35.0 Å². The molecular formula is C73H70N8S4. The summed E-state index contributed by atoms with van der Waals surface area (Å²) in [6, 6.07) is 55.7. The van der Waals surface area contributed by atoms with E-state index >= 15 is 0 Å². The van der Waals surface area contributed by atoms with Gasteiger partial charge in [-0.1, -0.05) is 236 Å². The highest BCUT2D eigenvalue weighted by molar-refractivity contribution is 7.00. The number of hydrogen-bond donors (Lipinski definition) is 0. The highest BCUT2D eigenvalue weighted by Gasteiger charge is 2.48. The van der Waals surface area contributed by atoms with Gasteiger partial charge in [0.15, 0.2) is 0 Å². The largest absolute Gasteiger partial charge is 0.173 e. The maximum absolute atomic E-state index is 4.86. The van der Waals surface area contributed by atoms with Gasteiger partial charge in [-0.15, -0.1) is 0 Å². The molecule has 12 heteroatoms. The van der Waals surface area contributed by atoms with Gasteiger partial charge in [0.05, 0.1) is 46.9 Å². The average molecular weight is 1190 g/mol. The lowest BCUT2D eigenvalue weighted by molar-refractivity contribution is 0.401. The average Bonchev–Trinajstić information content (AvgIpc) is 1.98. The summed E-state index contributed by atoms with van der Waals surface area (Å²) in [4.78, 5) is 0. The third-order valence-corrected chi connectivity index (χ3v) is 20.1. The summed E-state index contributed by atoms with van der Waals surface area (Å²) in [5.74, 6) is 0. The van der Waals surface area contributed by atoms with Crippen molar-refractivity contribution >= 4 is 113 Å². The summed E-state index contributed by atoms with van der Waals surface area (Å²) in [5.41, 5.74) is 31.2. The molecule has 0 saturated heterocycles. The van der Waals surface area contributed by atoms with Gasteiger partial charge in [-0.3, -0.25) is 0 Å². The second kappa shape index (κ2) is 24.9. The van der Waals surface area contributed by atoms with Crippen LogP contribution in [0.3, 0.4) is 0 Å². The molecule has 1 aliphatic carbocycles. The topological polar surface area (TPSA) is 103 Å². The molecule has 12 aromatic rings. The molecule has 0 N–H and O–H groups in total. The quantitative estimate of drug-likeness (QED) is 0.0618. The zero-order valence-electron chi connectivity index (χ0n) is 49.5. The SMILES string of the molecule is CCCCCCCCC1(CCCCCCCC)C(c2ccc(-c3ccc(C)c4nsnc34)cc2)=C(c2ccc(-c3ccc(C)c4nsnc34)cc2)C(c2ccc(-c3ccc(C)c4nsnc34)cc2)=C1c1ccc(-c2ccc(C)c3nsnc23)cc1. The van der Waals surface area contributed by atoms with Crippen LogP contribution >= 0.6 is 46.9 Å². The van der Waals surface area contributed by atoms with E-state index in [2.05, 4.69) is 187 Å². The number of rotatable bonds is 22. The maximum Gasteiger partial charge on any atom is 0.112 e. The van der Waals surface area contributed by atoms with E-state index in [1.54, 1.807) is 0 Å². The molecular weight excluding hydrogens is 1120 g/mol. The van der Waals surface area contributed by atoms with Crippen LogP contribution in [0.15, 0.2) is 146 Å². The highest BCUT2D eigenvalue weighted by atomic mass is 32.1. The van der Waals surface area contributed by atoms with Gasteiger partial charge >= 0.3 is 0 Å². The van der Waals surface area contributed by atoms with Crippen LogP contribution in [0.5, 0.6) is 0 Å². The minimum Gasteiger partial charge on any atom is -0.173 e. The van der Waals surface area contributed by atoms with Crippen LogP contribution in [-0.4, -0.2) is 35.0 Å². The lowest BCUT2D eigenvalue weighted by Crippen LogP contribution is -2.24. The lowest BCUT2D eigenvalue weighted by Gasteiger charge is -2.38. The third-order valence-electron chi connectivity index (χ3n) is 18.0. The van der Waals surface area contributed by atoms with Crippen molar-refractivity contribution in [2.75, 3.05) is 0 Å². The molecule has 13 rings (SSSR count). The highest BCUT2D eigenvalue weighted by Crippen LogP contribution is 2.65. The van der Waals surface area contributed by atoms with Crippen molar-refractivity contribution in [2.45, 2.75) is 131 Å². The first kappa shape index (κ1) is 56.6. The Labute approximate surface area is 516 Å². The monoisotopic (exact) mass is 1190 g/mol. The lowest BCUT2D eigenvalue weighted by atomic mass is 9.65. The van der Waals surface area contributed by atoms with Crippen LogP contribution in [0.4, 0.5) is 0 Å². The fraction of sp³-hybridized carbons (Fsp3) is 0.288. The summed E-state index contributed by atoms with van der Waals surface area (Å²) in [6.45, 7) is 13.1. The normalized spacial score (nSPS) is 13.5. The summed E-state index contributed by atoms with van der Waals surface area (Å²) in [5, 5.41) is 0. The number of hydrogen-bond acceptors (Lipinski definition) is 12. The molecule has 0 saturated carbocycles. The molecule has 0 spiro atoms. The van der Waals surface area contributed by atoms with Crippen LogP contribution in [0.1, 0.15) is 148 Å². The predicted octanol–water partition coefficient (Wildman–Crippen LogP) is 21.6.